The molecule has 0 unspecified atom stereocenters. The number of aromatic hydroxyl groups is 1. The maximum Gasteiger partial charge on any atom is 0.347 e. The molecule has 0 radical (unpaired) electrons. The molecule has 0 aliphatic heterocycles. The minimum absolute atomic E-state index is 0.356. The molecule has 0 aliphatic rings. The molecule has 2 N–H and O–H groups in total. The van der Waals surface area contributed by atoms with Gasteiger partial charge in [-0.25, -0.2) is 4.79 Å². The highest BCUT2D eigenvalue weighted by Gasteiger charge is 2.25. The van der Waals surface area contributed by atoms with Crippen LogP contribution >= 0.6 is 0 Å². The van der Waals surface area contributed by atoms with Crippen molar-refractivity contribution in [3.63, 3.8) is 0 Å². The third-order valence-electron chi connectivity index (χ3n) is 5.06. The van der Waals surface area contributed by atoms with Gasteiger partial charge in [-0.1, -0.05) is 20.3 Å². The number of benzene rings is 1. The molecule has 3 rings (SSSR count). The topological polar surface area (TPSA) is 93.6 Å². The summed E-state index contributed by atoms with van der Waals surface area (Å²) in [6.45, 7) is 4.47. The maximum absolute atomic E-state index is 12.6. The van der Waals surface area contributed by atoms with Crippen LogP contribution in [0.25, 0.3) is 22.2 Å². The highest BCUT2D eigenvalue weighted by atomic mass is 16.5. The first-order valence-electron chi connectivity index (χ1n) is 9.72. The highest BCUT2D eigenvalue weighted by Crippen LogP contribution is 2.40. The summed E-state index contributed by atoms with van der Waals surface area (Å²) in [4.78, 5) is 27.3. The third-order valence-corrected chi connectivity index (χ3v) is 5.06. The van der Waals surface area contributed by atoms with E-state index < -0.39 is 11.5 Å². The Labute approximate surface area is 168 Å². The first-order chi connectivity index (χ1) is 13.9. The Kier molecular flexibility index (Phi) is 5.96. The number of carbonyl (C=O) groups is 1. The van der Waals surface area contributed by atoms with Crippen LogP contribution in [-0.2, 0) is 18.2 Å². The van der Waals surface area contributed by atoms with Gasteiger partial charge >= 0.3 is 5.97 Å². The number of esters is 1. The van der Waals surface area contributed by atoms with Gasteiger partial charge in [0, 0.05) is 29.8 Å². The van der Waals surface area contributed by atoms with Gasteiger partial charge in [0.25, 0.3) is 5.56 Å². The van der Waals surface area contributed by atoms with Crippen LogP contribution in [0, 0.1) is 0 Å². The first-order valence-corrected chi connectivity index (χ1v) is 9.72. The lowest BCUT2D eigenvalue weighted by Gasteiger charge is -2.17. The summed E-state index contributed by atoms with van der Waals surface area (Å²) in [5.41, 5.74) is 1.48. The van der Waals surface area contributed by atoms with Crippen molar-refractivity contribution < 1.29 is 19.4 Å². The molecule has 2 aromatic heterocycles. The molecule has 1 aromatic carbocycles. The fourth-order valence-corrected chi connectivity index (χ4v) is 3.49. The van der Waals surface area contributed by atoms with Gasteiger partial charge in [-0.2, -0.15) is 0 Å². The molecule has 2 heterocycles. The Hall–Kier alpha value is -3.22. The van der Waals surface area contributed by atoms with Crippen LogP contribution in [0.1, 0.15) is 42.6 Å². The maximum atomic E-state index is 12.6. The zero-order chi connectivity index (χ0) is 21.1. The van der Waals surface area contributed by atoms with E-state index in [9.17, 15) is 14.7 Å². The standard InChI is InChI=1S/C22H26N2O5/c1-5-7-12-29-20-14-10-11-24(3)16(14)9-8-15(20)18-13(6-2)19(25)17(21(26)23-18)22(27)28-4/h8-11H,5-7,12H2,1-4H3,(H2,23,25,26). The van der Waals surface area contributed by atoms with Gasteiger partial charge in [0.05, 0.1) is 24.9 Å². The number of aromatic nitrogens is 2. The number of fused-ring (bicyclic) bond motifs is 1. The van der Waals surface area contributed by atoms with Crippen molar-refractivity contribution in [2.24, 2.45) is 7.05 Å². The number of pyridine rings is 1. The molecular weight excluding hydrogens is 372 g/mol. The Morgan fingerprint density at radius 1 is 1.24 bits per heavy atom. The summed E-state index contributed by atoms with van der Waals surface area (Å²) in [6, 6.07) is 5.78. The normalized spacial score (nSPS) is 11.0. The third kappa shape index (κ3) is 3.60. The molecule has 0 aliphatic carbocycles. The van der Waals surface area contributed by atoms with Gasteiger partial charge in [0.1, 0.15) is 11.5 Å². The number of hydrogen-bond donors (Lipinski definition) is 2. The fraction of sp³-hybridized carbons (Fsp3) is 0.364. The zero-order valence-electron chi connectivity index (χ0n) is 17.2. The summed E-state index contributed by atoms with van der Waals surface area (Å²) < 4.78 is 12.8. The Morgan fingerprint density at radius 2 is 2.00 bits per heavy atom. The van der Waals surface area contributed by atoms with E-state index in [1.165, 1.54) is 7.11 Å². The average Bonchev–Trinajstić information content (AvgIpc) is 3.09. The Balaban J connectivity index is 2.28. The van der Waals surface area contributed by atoms with E-state index in [1.54, 1.807) is 0 Å². The molecule has 0 bridgehead atoms. The van der Waals surface area contributed by atoms with E-state index >= 15 is 0 Å². The van der Waals surface area contributed by atoms with Crippen LogP contribution in [-0.4, -0.2) is 34.3 Å². The number of hydrogen-bond acceptors (Lipinski definition) is 5. The van der Waals surface area contributed by atoms with E-state index in [0.29, 0.717) is 35.6 Å². The van der Waals surface area contributed by atoms with Gasteiger partial charge in [-0.3, -0.25) is 4.79 Å². The van der Waals surface area contributed by atoms with Crippen molar-refractivity contribution in [2.45, 2.75) is 33.1 Å². The van der Waals surface area contributed by atoms with Crippen molar-refractivity contribution >= 4 is 16.9 Å². The van der Waals surface area contributed by atoms with Crippen molar-refractivity contribution in [2.75, 3.05) is 13.7 Å². The van der Waals surface area contributed by atoms with Gasteiger partial charge in [-0.05, 0) is 31.0 Å². The summed E-state index contributed by atoms with van der Waals surface area (Å²) >= 11 is 0. The van der Waals surface area contributed by atoms with Crippen LogP contribution in [0.2, 0.25) is 0 Å². The molecule has 0 spiro atoms. The molecule has 7 heteroatoms. The fourth-order valence-electron chi connectivity index (χ4n) is 3.49. The second kappa shape index (κ2) is 8.43. The largest absolute Gasteiger partial charge is 0.506 e. The summed E-state index contributed by atoms with van der Waals surface area (Å²) in [5, 5.41) is 11.6. The van der Waals surface area contributed by atoms with Crippen LogP contribution < -0.4 is 10.3 Å². The molecular formula is C22H26N2O5. The second-order valence-corrected chi connectivity index (χ2v) is 6.88. The zero-order valence-corrected chi connectivity index (χ0v) is 17.2. The predicted molar refractivity (Wildman–Crippen MR) is 112 cm³/mol. The van der Waals surface area contributed by atoms with Crippen LogP contribution in [0.15, 0.2) is 29.2 Å². The molecule has 0 amide bonds. The molecule has 3 aromatic rings. The van der Waals surface area contributed by atoms with Crippen molar-refractivity contribution in [3.8, 4) is 22.8 Å². The van der Waals surface area contributed by atoms with E-state index in [0.717, 1.165) is 23.7 Å². The number of rotatable bonds is 7. The van der Waals surface area contributed by atoms with E-state index in [1.807, 2.05) is 42.9 Å². The van der Waals surface area contributed by atoms with Gasteiger partial charge < -0.3 is 24.1 Å². The van der Waals surface area contributed by atoms with Crippen LogP contribution in [0.4, 0.5) is 0 Å². The van der Waals surface area contributed by atoms with Crippen molar-refractivity contribution in [3.05, 3.63) is 45.9 Å². The summed E-state index contributed by atoms with van der Waals surface area (Å²) in [6.07, 6.45) is 4.24. The van der Waals surface area contributed by atoms with Crippen LogP contribution in [0.5, 0.6) is 11.5 Å². The number of nitrogens with zero attached hydrogens (tertiary/aromatic N) is 1. The van der Waals surface area contributed by atoms with Crippen molar-refractivity contribution in [1.29, 1.82) is 0 Å². The highest BCUT2D eigenvalue weighted by molar-refractivity contribution is 5.96. The number of nitrogens with one attached hydrogen (secondary N) is 1. The minimum Gasteiger partial charge on any atom is -0.506 e. The number of methoxy groups -OCH3 is 1. The summed E-state index contributed by atoms with van der Waals surface area (Å²) in [5.74, 6) is -0.583. The lowest BCUT2D eigenvalue weighted by Crippen LogP contribution is -2.21. The van der Waals surface area contributed by atoms with Gasteiger partial charge in [-0.15, -0.1) is 0 Å². The second-order valence-electron chi connectivity index (χ2n) is 6.88. The molecule has 7 nitrogen and oxygen atoms in total. The van der Waals surface area contributed by atoms with E-state index in [4.69, 9.17) is 4.74 Å². The number of ether oxygens (including phenoxy) is 2. The first kappa shape index (κ1) is 20.5. The lowest BCUT2D eigenvalue weighted by molar-refractivity contribution is 0.0595. The predicted octanol–water partition coefficient (Wildman–Crippen LogP) is 3.77. The number of aryl methyl sites for hydroxylation is 1. The smallest absolute Gasteiger partial charge is 0.347 e. The SMILES string of the molecule is CCCCOc1c(-c2[nH]c(=O)c(C(=O)OC)c(O)c2CC)ccc2c1ccn2C. The molecule has 154 valence electrons. The average molecular weight is 398 g/mol. The summed E-state index contributed by atoms with van der Waals surface area (Å²) in [7, 11) is 3.12. The van der Waals surface area contributed by atoms with E-state index in [2.05, 4.69) is 16.6 Å². The molecule has 29 heavy (non-hydrogen) atoms. The molecule has 0 fully saturated rings. The number of aromatic amines is 1. The van der Waals surface area contributed by atoms with Crippen molar-refractivity contribution in [1.82, 2.24) is 9.55 Å². The van der Waals surface area contributed by atoms with Crippen LogP contribution in [0.3, 0.4) is 0 Å². The quantitative estimate of drug-likeness (QED) is 0.467. The Bertz CT molecular complexity index is 1110. The number of carbonyl (C=O) groups excluding carboxylic acids is 1. The van der Waals surface area contributed by atoms with E-state index in [-0.39, 0.29) is 11.3 Å². The molecule has 0 atom stereocenters. The molecule has 0 saturated carbocycles. The van der Waals surface area contributed by atoms with Gasteiger partial charge in [0.15, 0.2) is 5.56 Å². The Morgan fingerprint density at radius 3 is 2.66 bits per heavy atom. The lowest BCUT2D eigenvalue weighted by atomic mass is 9.98. The molecule has 0 saturated heterocycles. The van der Waals surface area contributed by atoms with Gasteiger partial charge in [0.2, 0.25) is 0 Å². The minimum atomic E-state index is -0.872. The number of unbranched alkanes of at least 4 members (excludes halogenated alkanes) is 1. The monoisotopic (exact) mass is 398 g/mol. The number of H-pyrrole nitrogens is 1.